The van der Waals surface area contributed by atoms with Crippen LogP contribution in [0.5, 0.6) is 0 Å². The zero-order valence-electron chi connectivity index (χ0n) is 10.5. The van der Waals surface area contributed by atoms with Crippen LogP contribution in [0.1, 0.15) is 5.82 Å². The van der Waals surface area contributed by atoms with Gasteiger partial charge in [0.05, 0.1) is 16.1 Å². The topological polar surface area (TPSA) is 17.8 Å². The van der Waals surface area contributed by atoms with Gasteiger partial charge in [-0.05, 0) is 52.9 Å². The average Bonchev–Trinajstić information content (AvgIpc) is 2.79. The fourth-order valence-corrected chi connectivity index (χ4v) is 3.23. The van der Waals surface area contributed by atoms with Crippen molar-refractivity contribution in [3.05, 3.63) is 56.9 Å². The Bertz CT molecular complexity index is 768. The highest BCUT2D eigenvalue weighted by Gasteiger charge is 2.14. The first-order valence-electron chi connectivity index (χ1n) is 6.18. The van der Waals surface area contributed by atoms with Gasteiger partial charge in [-0.2, -0.15) is 0 Å². The minimum absolute atomic E-state index is 0.533. The molecule has 0 unspecified atom stereocenters. The van der Waals surface area contributed by atoms with Crippen molar-refractivity contribution in [3.63, 3.8) is 0 Å². The predicted molar refractivity (Wildman–Crippen MR) is 93.2 cm³/mol. The van der Waals surface area contributed by atoms with Gasteiger partial charge in [0.2, 0.25) is 0 Å². The van der Waals surface area contributed by atoms with Gasteiger partial charge < -0.3 is 0 Å². The third kappa shape index (κ3) is 2.54. The van der Waals surface area contributed by atoms with E-state index in [9.17, 15) is 0 Å². The molecule has 102 valence electrons. The monoisotopic (exact) mass is 416 g/mol. The van der Waals surface area contributed by atoms with E-state index in [4.69, 9.17) is 23.2 Å². The zero-order valence-corrected chi connectivity index (χ0v) is 14.2. The van der Waals surface area contributed by atoms with E-state index in [-0.39, 0.29) is 0 Å². The standard InChI is InChI=1S/C15H11Cl2IN2/c16-8-7-14-19-13-6-2-5-12(17)15(13)20(14)11-4-1-3-10(18)9-11/h1-6,9H,7-8H2. The summed E-state index contributed by atoms with van der Waals surface area (Å²) in [7, 11) is 0. The third-order valence-electron chi connectivity index (χ3n) is 3.08. The maximum absolute atomic E-state index is 6.37. The molecule has 1 aromatic heterocycles. The van der Waals surface area contributed by atoms with Crippen molar-refractivity contribution in [3.8, 4) is 5.69 Å². The molecule has 3 rings (SSSR count). The largest absolute Gasteiger partial charge is 0.295 e. The fraction of sp³-hybridized carbons (Fsp3) is 0.133. The van der Waals surface area contributed by atoms with Crippen LogP contribution in [0.2, 0.25) is 5.02 Å². The van der Waals surface area contributed by atoms with Crippen molar-refractivity contribution in [2.45, 2.75) is 6.42 Å². The molecule has 0 saturated carbocycles. The number of para-hydroxylation sites is 1. The number of aromatic nitrogens is 2. The quantitative estimate of drug-likeness (QED) is 0.430. The van der Waals surface area contributed by atoms with Crippen LogP contribution < -0.4 is 0 Å². The molecule has 0 atom stereocenters. The summed E-state index contributed by atoms with van der Waals surface area (Å²) in [6.45, 7) is 0. The first kappa shape index (κ1) is 14.2. The molecule has 2 aromatic carbocycles. The number of halogens is 3. The minimum atomic E-state index is 0.533. The van der Waals surface area contributed by atoms with E-state index in [1.54, 1.807) is 0 Å². The van der Waals surface area contributed by atoms with Crippen molar-refractivity contribution in [1.29, 1.82) is 0 Å². The highest BCUT2D eigenvalue weighted by molar-refractivity contribution is 14.1. The van der Waals surface area contributed by atoms with Crippen molar-refractivity contribution >= 4 is 56.8 Å². The van der Waals surface area contributed by atoms with E-state index in [1.165, 1.54) is 3.57 Å². The molecular formula is C15H11Cl2IN2. The molecular weight excluding hydrogens is 406 g/mol. The fourth-order valence-electron chi connectivity index (χ4n) is 2.28. The summed E-state index contributed by atoms with van der Waals surface area (Å²) in [6.07, 6.45) is 0.706. The molecule has 0 radical (unpaired) electrons. The smallest absolute Gasteiger partial charge is 0.115 e. The molecule has 0 amide bonds. The molecule has 20 heavy (non-hydrogen) atoms. The predicted octanol–water partition coefficient (Wildman–Crippen LogP) is 5.06. The summed E-state index contributed by atoms with van der Waals surface area (Å²) in [6, 6.07) is 14.0. The Morgan fingerprint density at radius 2 is 1.95 bits per heavy atom. The number of nitrogens with zero attached hydrogens (tertiary/aromatic N) is 2. The molecule has 0 spiro atoms. The molecule has 3 aromatic rings. The molecule has 0 fully saturated rings. The van der Waals surface area contributed by atoms with Crippen LogP contribution in [0.4, 0.5) is 0 Å². The van der Waals surface area contributed by atoms with E-state index >= 15 is 0 Å². The number of aryl methyl sites for hydroxylation is 1. The van der Waals surface area contributed by atoms with Crippen LogP contribution in [0.15, 0.2) is 42.5 Å². The van der Waals surface area contributed by atoms with E-state index in [1.807, 2.05) is 24.3 Å². The van der Waals surface area contributed by atoms with Crippen LogP contribution in [0.3, 0.4) is 0 Å². The van der Waals surface area contributed by atoms with Gasteiger partial charge in [0.15, 0.2) is 0 Å². The maximum Gasteiger partial charge on any atom is 0.115 e. The lowest BCUT2D eigenvalue weighted by Crippen LogP contribution is -2.02. The number of alkyl halides is 1. The normalized spacial score (nSPS) is 11.2. The second-order valence-electron chi connectivity index (χ2n) is 4.39. The lowest BCUT2D eigenvalue weighted by molar-refractivity contribution is 0.912. The highest BCUT2D eigenvalue weighted by atomic mass is 127. The number of hydrogen-bond acceptors (Lipinski definition) is 1. The Balaban J connectivity index is 2.34. The Morgan fingerprint density at radius 3 is 2.70 bits per heavy atom. The molecule has 5 heteroatoms. The second kappa shape index (κ2) is 5.92. The van der Waals surface area contributed by atoms with E-state index in [0.717, 1.165) is 22.5 Å². The molecule has 2 nitrogen and oxygen atoms in total. The van der Waals surface area contributed by atoms with Gasteiger partial charge >= 0.3 is 0 Å². The minimum Gasteiger partial charge on any atom is -0.295 e. The lowest BCUT2D eigenvalue weighted by atomic mass is 10.2. The van der Waals surface area contributed by atoms with Crippen LogP contribution in [0, 0.1) is 3.57 Å². The molecule has 0 aliphatic heterocycles. The average molecular weight is 417 g/mol. The maximum atomic E-state index is 6.37. The van der Waals surface area contributed by atoms with Gasteiger partial charge in [-0.25, -0.2) is 4.98 Å². The Morgan fingerprint density at radius 1 is 1.15 bits per heavy atom. The summed E-state index contributed by atoms with van der Waals surface area (Å²) in [5.41, 5.74) is 2.90. The Labute approximate surface area is 140 Å². The van der Waals surface area contributed by atoms with Gasteiger partial charge in [0, 0.05) is 21.6 Å². The van der Waals surface area contributed by atoms with Crippen molar-refractivity contribution in [2.75, 3.05) is 5.88 Å². The van der Waals surface area contributed by atoms with Crippen molar-refractivity contribution < 1.29 is 0 Å². The molecule has 0 aliphatic carbocycles. The molecule has 0 N–H and O–H groups in total. The molecule has 0 aliphatic rings. The van der Waals surface area contributed by atoms with Gasteiger partial charge in [-0.3, -0.25) is 4.57 Å². The second-order valence-corrected chi connectivity index (χ2v) is 6.42. The van der Waals surface area contributed by atoms with Crippen LogP contribution in [-0.4, -0.2) is 15.4 Å². The summed E-state index contributed by atoms with van der Waals surface area (Å²) < 4.78 is 3.27. The number of rotatable bonds is 3. The van der Waals surface area contributed by atoms with Crippen molar-refractivity contribution in [1.82, 2.24) is 9.55 Å². The summed E-state index contributed by atoms with van der Waals surface area (Å²) in [5.74, 6) is 1.47. The first-order chi connectivity index (χ1) is 9.70. The third-order valence-corrected chi connectivity index (χ3v) is 4.25. The lowest BCUT2D eigenvalue weighted by Gasteiger charge is -2.09. The zero-order chi connectivity index (χ0) is 14.1. The molecule has 0 bridgehead atoms. The SMILES string of the molecule is ClCCc1nc2cccc(Cl)c2n1-c1cccc(I)c1. The number of imidazole rings is 1. The number of fused-ring (bicyclic) bond motifs is 1. The molecule has 1 heterocycles. The first-order valence-corrected chi connectivity index (χ1v) is 8.17. The Kier molecular flexibility index (Phi) is 4.19. The van der Waals surface area contributed by atoms with Crippen LogP contribution in [0.25, 0.3) is 16.7 Å². The molecule has 0 saturated heterocycles. The van der Waals surface area contributed by atoms with E-state index in [0.29, 0.717) is 17.3 Å². The summed E-state index contributed by atoms with van der Waals surface area (Å²) >= 11 is 14.6. The highest BCUT2D eigenvalue weighted by Crippen LogP contribution is 2.28. The van der Waals surface area contributed by atoms with Crippen LogP contribution >= 0.6 is 45.8 Å². The van der Waals surface area contributed by atoms with Crippen LogP contribution in [-0.2, 0) is 6.42 Å². The van der Waals surface area contributed by atoms with E-state index in [2.05, 4.69) is 50.3 Å². The van der Waals surface area contributed by atoms with Gasteiger partial charge in [0.1, 0.15) is 5.82 Å². The summed E-state index contributed by atoms with van der Waals surface area (Å²) in [4.78, 5) is 4.66. The number of benzene rings is 2. The number of hydrogen-bond donors (Lipinski definition) is 0. The Hall–Kier alpha value is -0.780. The van der Waals surface area contributed by atoms with Gasteiger partial charge in [-0.15, -0.1) is 11.6 Å². The van der Waals surface area contributed by atoms with Gasteiger partial charge in [0.25, 0.3) is 0 Å². The van der Waals surface area contributed by atoms with E-state index < -0.39 is 0 Å². The van der Waals surface area contributed by atoms with Crippen molar-refractivity contribution in [2.24, 2.45) is 0 Å². The summed E-state index contributed by atoms with van der Waals surface area (Å²) in [5, 5.41) is 0.703. The van der Waals surface area contributed by atoms with Gasteiger partial charge in [-0.1, -0.05) is 23.7 Å².